The number of hydrogen-bond acceptors (Lipinski definition) is 4. The van der Waals surface area contributed by atoms with Crippen molar-refractivity contribution in [1.82, 2.24) is 20.4 Å². The van der Waals surface area contributed by atoms with Gasteiger partial charge in [-0.25, -0.2) is 0 Å². The molecule has 0 radical (unpaired) electrons. The molecule has 0 aliphatic carbocycles. The second kappa shape index (κ2) is 11.6. The van der Waals surface area contributed by atoms with Gasteiger partial charge in [-0.2, -0.15) is 0 Å². The van der Waals surface area contributed by atoms with Gasteiger partial charge in [-0.1, -0.05) is 140 Å². The van der Waals surface area contributed by atoms with Crippen LogP contribution in [-0.4, -0.2) is 20.4 Å². The minimum atomic E-state index is 0.809. The highest BCUT2D eigenvalue weighted by Crippen LogP contribution is 2.48. The number of nitrogens with one attached hydrogen (secondary N) is 1. The van der Waals surface area contributed by atoms with Crippen LogP contribution >= 0.6 is 11.3 Å². The summed E-state index contributed by atoms with van der Waals surface area (Å²) in [5.74, 6) is 0. The van der Waals surface area contributed by atoms with Crippen LogP contribution in [-0.2, 0) is 0 Å². The average Bonchev–Trinajstić information content (AvgIpc) is 3.77. The molecule has 0 saturated carbocycles. The fourth-order valence-electron chi connectivity index (χ4n) is 7.60. The van der Waals surface area contributed by atoms with Crippen LogP contribution in [0.4, 0.5) is 0 Å². The first kappa shape index (κ1) is 28.6. The van der Waals surface area contributed by atoms with E-state index in [1.54, 1.807) is 0 Å². The van der Waals surface area contributed by atoms with Crippen molar-refractivity contribution < 1.29 is 0 Å². The van der Waals surface area contributed by atoms with E-state index in [4.69, 9.17) is 5.10 Å². The number of benzene rings is 7. The van der Waals surface area contributed by atoms with Crippen LogP contribution in [0.25, 0.3) is 97.7 Å². The van der Waals surface area contributed by atoms with Gasteiger partial charge >= 0.3 is 0 Å². The minimum Gasteiger partial charge on any atom is -0.354 e. The third-order valence-corrected chi connectivity index (χ3v) is 10.9. The second-order valence-corrected chi connectivity index (χ2v) is 13.6. The Bertz CT molecular complexity index is 2890. The van der Waals surface area contributed by atoms with E-state index in [0.29, 0.717) is 0 Å². The number of rotatable bonds is 5. The number of thiophene rings is 1. The maximum absolute atomic E-state index is 4.84. The normalized spacial score (nSPS) is 11.6. The van der Waals surface area contributed by atoms with Crippen molar-refractivity contribution in [3.8, 4) is 55.8 Å². The summed E-state index contributed by atoms with van der Waals surface area (Å²) in [5, 5.41) is 18.4. The van der Waals surface area contributed by atoms with Crippen LogP contribution in [0.1, 0.15) is 0 Å². The van der Waals surface area contributed by atoms with E-state index in [0.717, 1.165) is 66.8 Å². The lowest BCUT2D eigenvalue weighted by Crippen LogP contribution is -1.99. The Morgan fingerprint density at radius 2 is 1.06 bits per heavy atom. The summed E-state index contributed by atoms with van der Waals surface area (Å²) in [4.78, 5) is 3.77. The molecule has 10 aromatic rings. The molecular weight excluding hydrogens is 629 g/mol. The van der Waals surface area contributed by atoms with Gasteiger partial charge in [0.05, 0.1) is 11.7 Å². The van der Waals surface area contributed by atoms with Crippen molar-refractivity contribution >= 4 is 53.3 Å². The van der Waals surface area contributed by atoms with Crippen molar-refractivity contribution in [3.63, 3.8) is 0 Å². The summed E-state index contributed by atoms with van der Waals surface area (Å²) in [6, 6.07) is 56.1. The van der Waals surface area contributed by atoms with E-state index >= 15 is 0 Å². The van der Waals surface area contributed by atoms with E-state index in [9.17, 15) is 0 Å². The van der Waals surface area contributed by atoms with Crippen molar-refractivity contribution in [3.05, 3.63) is 164 Å². The monoisotopic (exact) mass is 656 g/mol. The molecule has 5 heteroatoms. The molecule has 0 unspecified atom stereocenters. The van der Waals surface area contributed by atoms with E-state index in [-0.39, 0.29) is 0 Å². The zero-order valence-corrected chi connectivity index (χ0v) is 27.7. The highest BCUT2D eigenvalue weighted by atomic mass is 32.1. The number of aromatic amines is 1. The molecule has 0 aliphatic rings. The smallest absolute Gasteiger partial charge is 0.105 e. The number of aromatic nitrogens is 4. The molecule has 0 saturated heterocycles. The molecule has 0 aliphatic heterocycles. The fraction of sp³-hybridized carbons (Fsp3) is 0. The van der Waals surface area contributed by atoms with Crippen molar-refractivity contribution in [2.75, 3.05) is 0 Å². The SMILES string of the molecule is c1ccc(-c2ccccc2-c2cccc(-c3cccc4c3[nH]c3ccccc34)c2-c2cnnnc2-c2cccc3sc4ccccc4c23)cc1. The summed E-state index contributed by atoms with van der Waals surface area (Å²) in [6.45, 7) is 0. The number of H-pyrrole nitrogens is 1. The van der Waals surface area contributed by atoms with Gasteiger partial charge in [-0.3, -0.25) is 0 Å². The molecule has 50 heavy (non-hydrogen) atoms. The molecule has 4 nitrogen and oxygen atoms in total. The predicted octanol–water partition coefficient (Wildman–Crippen LogP) is 12.2. The molecular formula is C45H28N4S. The number of nitrogens with zero attached hydrogens (tertiary/aromatic N) is 3. The van der Waals surface area contributed by atoms with Gasteiger partial charge < -0.3 is 4.98 Å². The third-order valence-electron chi connectivity index (χ3n) is 9.76. The minimum absolute atomic E-state index is 0.809. The predicted molar refractivity (Wildman–Crippen MR) is 209 cm³/mol. The molecule has 7 aromatic carbocycles. The summed E-state index contributed by atoms with van der Waals surface area (Å²) in [7, 11) is 0. The molecule has 10 rings (SSSR count). The first-order chi connectivity index (χ1) is 24.8. The molecule has 234 valence electrons. The molecule has 0 bridgehead atoms. The summed E-state index contributed by atoms with van der Waals surface area (Å²) in [5.41, 5.74) is 12.9. The van der Waals surface area contributed by atoms with Crippen LogP contribution in [0.3, 0.4) is 0 Å². The Morgan fingerprint density at radius 3 is 1.96 bits per heavy atom. The Balaban J connectivity index is 1.32. The molecule has 1 N–H and O–H groups in total. The zero-order valence-electron chi connectivity index (χ0n) is 26.8. The average molecular weight is 657 g/mol. The van der Waals surface area contributed by atoms with Gasteiger partial charge in [0.15, 0.2) is 0 Å². The Morgan fingerprint density at radius 1 is 0.440 bits per heavy atom. The quantitative estimate of drug-likeness (QED) is 0.201. The Labute approximate surface area is 292 Å². The lowest BCUT2D eigenvalue weighted by atomic mass is 9.83. The third kappa shape index (κ3) is 4.48. The fourth-order valence-corrected chi connectivity index (χ4v) is 8.73. The largest absolute Gasteiger partial charge is 0.354 e. The molecule has 0 atom stereocenters. The van der Waals surface area contributed by atoms with Crippen LogP contribution in [0.15, 0.2) is 164 Å². The van der Waals surface area contributed by atoms with Crippen LogP contribution in [0.5, 0.6) is 0 Å². The molecule has 3 heterocycles. The van der Waals surface area contributed by atoms with E-state index < -0.39 is 0 Å². The first-order valence-electron chi connectivity index (χ1n) is 16.7. The molecule has 3 aromatic heterocycles. The van der Waals surface area contributed by atoms with E-state index in [1.807, 2.05) is 17.5 Å². The standard InChI is InChI=1S/C45H28N4S/c1-2-13-28(14-3-1)29-15-4-5-16-30(29)32-19-10-20-33(35-22-11-21-34-31-17-6-8-24-39(31)47-44(34)35)42(32)38-27-46-49-48-45(38)37-23-12-26-41-43(37)36-18-7-9-25-40(36)50-41/h1-27,47H. The van der Waals surface area contributed by atoms with Gasteiger partial charge in [0.1, 0.15) is 5.69 Å². The van der Waals surface area contributed by atoms with Gasteiger partial charge in [0.25, 0.3) is 0 Å². The van der Waals surface area contributed by atoms with E-state index in [1.165, 1.54) is 30.9 Å². The highest BCUT2D eigenvalue weighted by Gasteiger charge is 2.24. The number of hydrogen-bond donors (Lipinski definition) is 1. The first-order valence-corrected chi connectivity index (χ1v) is 17.5. The van der Waals surface area contributed by atoms with E-state index in [2.05, 4.69) is 173 Å². The summed E-state index contributed by atoms with van der Waals surface area (Å²) >= 11 is 1.81. The van der Waals surface area contributed by atoms with Crippen molar-refractivity contribution in [2.45, 2.75) is 0 Å². The van der Waals surface area contributed by atoms with Gasteiger partial charge in [-0.05, 0) is 51.2 Å². The summed E-state index contributed by atoms with van der Waals surface area (Å²) < 4.78 is 2.47. The van der Waals surface area contributed by atoms with Crippen LogP contribution in [0, 0.1) is 0 Å². The topological polar surface area (TPSA) is 54.5 Å². The van der Waals surface area contributed by atoms with Gasteiger partial charge in [-0.15, -0.1) is 21.5 Å². The maximum atomic E-state index is 4.84. The van der Waals surface area contributed by atoms with Gasteiger partial charge in [0.2, 0.25) is 0 Å². The maximum Gasteiger partial charge on any atom is 0.105 e. The molecule has 0 fully saturated rings. The highest BCUT2D eigenvalue weighted by molar-refractivity contribution is 7.25. The second-order valence-electron chi connectivity index (χ2n) is 12.5. The lowest BCUT2D eigenvalue weighted by molar-refractivity contribution is 0.873. The molecule has 0 amide bonds. The van der Waals surface area contributed by atoms with Crippen molar-refractivity contribution in [2.24, 2.45) is 0 Å². The number of fused-ring (bicyclic) bond motifs is 6. The lowest BCUT2D eigenvalue weighted by Gasteiger charge is -2.20. The Kier molecular flexibility index (Phi) is 6.64. The van der Waals surface area contributed by atoms with Crippen LogP contribution in [0.2, 0.25) is 0 Å². The number of para-hydroxylation sites is 2. The Hall–Kier alpha value is -6.43. The molecule has 0 spiro atoms. The van der Waals surface area contributed by atoms with Crippen molar-refractivity contribution in [1.29, 1.82) is 0 Å². The van der Waals surface area contributed by atoms with Gasteiger partial charge in [0, 0.05) is 58.7 Å². The summed E-state index contributed by atoms with van der Waals surface area (Å²) in [6.07, 6.45) is 1.90. The van der Waals surface area contributed by atoms with Crippen LogP contribution < -0.4 is 0 Å². The zero-order chi connectivity index (χ0) is 33.0.